The topological polar surface area (TPSA) is 95.4 Å². The van der Waals surface area contributed by atoms with Gasteiger partial charge in [0.2, 0.25) is 0 Å². The van der Waals surface area contributed by atoms with Crippen molar-refractivity contribution in [3.05, 3.63) is 74.0 Å². The van der Waals surface area contributed by atoms with Crippen molar-refractivity contribution in [2.45, 2.75) is 4.90 Å². The van der Waals surface area contributed by atoms with E-state index in [4.69, 9.17) is 11.6 Å². The lowest BCUT2D eigenvalue weighted by Gasteiger charge is -2.11. The van der Waals surface area contributed by atoms with E-state index < -0.39 is 15.7 Å². The van der Waals surface area contributed by atoms with Gasteiger partial charge in [-0.15, -0.1) is 0 Å². The number of rotatable bonds is 4. The molecule has 146 valence electrons. The van der Waals surface area contributed by atoms with Crippen molar-refractivity contribution < 1.29 is 13.0 Å². The van der Waals surface area contributed by atoms with E-state index in [0.29, 0.717) is 10.6 Å². The lowest BCUT2D eigenvalue weighted by atomic mass is 10.1. The third-order valence-electron chi connectivity index (χ3n) is 4.18. The van der Waals surface area contributed by atoms with E-state index in [2.05, 4.69) is 11.7 Å². The zero-order valence-electron chi connectivity index (χ0n) is 15.2. The fraction of sp³-hybridized carbons (Fsp3) is 0.105. The highest BCUT2D eigenvalue weighted by Crippen LogP contribution is 2.22. The highest BCUT2D eigenvalue weighted by Gasteiger charge is 2.15. The van der Waals surface area contributed by atoms with Gasteiger partial charge in [0.15, 0.2) is 0 Å². The molecule has 7 nitrogen and oxygen atoms in total. The van der Waals surface area contributed by atoms with Crippen molar-refractivity contribution in [3.8, 4) is 5.69 Å². The molecule has 0 bridgehead atoms. The summed E-state index contributed by atoms with van der Waals surface area (Å²) in [6.45, 7) is 3.84. The molecule has 2 N–H and O–H groups in total. The molecule has 0 fully saturated rings. The first-order valence-electron chi connectivity index (χ1n) is 8.14. The van der Waals surface area contributed by atoms with Crippen molar-refractivity contribution in [3.63, 3.8) is 0 Å². The molecular formula is C19H18ClN3O4S. The van der Waals surface area contributed by atoms with Gasteiger partial charge in [0.25, 0.3) is 15.7 Å². The maximum atomic E-state index is 12.9. The highest BCUT2D eigenvalue weighted by atomic mass is 35.5. The number of benzene rings is 2. The van der Waals surface area contributed by atoms with Crippen LogP contribution < -0.4 is 21.0 Å². The van der Waals surface area contributed by atoms with Crippen LogP contribution in [0.1, 0.15) is 5.56 Å². The van der Waals surface area contributed by atoms with Crippen molar-refractivity contribution in [1.29, 1.82) is 0 Å². The predicted molar refractivity (Wildman–Crippen MR) is 110 cm³/mol. The van der Waals surface area contributed by atoms with Gasteiger partial charge < -0.3 is 4.90 Å². The van der Waals surface area contributed by atoms with Gasteiger partial charge in [-0.25, -0.2) is 4.68 Å². The predicted octanol–water partition coefficient (Wildman–Crippen LogP) is 1.37. The molecule has 0 aliphatic heterocycles. The molecule has 1 heterocycles. The number of nitrogens with zero attached hydrogens (tertiary/aromatic N) is 2. The Hall–Kier alpha value is -2.81. The number of hydrogen-bond donors (Lipinski definition) is 2. The summed E-state index contributed by atoms with van der Waals surface area (Å²) in [5.41, 5.74) is 1.47. The third kappa shape index (κ3) is 3.89. The van der Waals surface area contributed by atoms with E-state index in [0.717, 1.165) is 28.1 Å². The van der Waals surface area contributed by atoms with Crippen LogP contribution in [0.4, 0.5) is 5.69 Å². The van der Waals surface area contributed by atoms with Crippen LogP contribution in [0.3, 0.4) is 0 Å². The standard InChI is InChI=1S/C19H18ClN3O4S/c1-12-16(10-13-4-6-14(7-5-13)22(2)3)19(24)23(21-12)18-11-15(28(25,26)27)8-9-17(18)20/h4-11,21H,1H2,2-3H3,(H,25,26,27). The number of nitrogens with one attached hydrogen (secondary N) is 1. The van der Waals surface area contributed by atoms with Crippen molar-refractivity contribution in [2.75, 3.05) is 19.0 Å². The summed E-state index contributed by atoms with van der Waals surface area (Å²) in [6.07, 6.45) is 1.68. The Bertz CT molecular complexity index is 1310. The first-order valence-corrected chi connectivity index (χ1v) is 9.96. The summed E-state index contributed by atoms with van der Waals surface area (Å²) >= 11 is 6.13. The molecule has 0 radical (unpaired) electrons. The molecule has 0 saturated carbocycles. The Balaban J connectivity index is 2.16. The van der Waals surface area contributed by atoms with Crippen molar-refractivity contribution in [2.24, 2.45) is 0 Å². The minimum Gasteiger partial charge on any atom is -0.378 e. The van der Waals surface area contributed by atoms with Crippen LogP contribution in [0.25, 0.3) is 18.3 Å². The monoisotopic (exact) mass is 419 g/mol. The van der Waals surface area contributed by atoms with Crippen LogP contribution in [0.5, 0.6) is 0 Å². The van der Waals surface area contributed by atoms with Gasteiger partial charge in [0.05, 0.1) is 26.2 Å². The van der Waals surface area contributed by atoms with E-state index in [9.17, 15) is 17.8 Å². The molecule has 0 atom stereocenters. The Morgan fingerprint density at radius 1 is 1.18 bits per heavy atom. The van der Waals surface area contributed by atoms with Crippen LogP contribution >= 0.6 is 11.6 Å². The summed E-state index contributed by atoms with van der Waals surface area (Å²) in [7, 11) is -0.576. The molecule has 1 aromatic heterocycles. The molecule has 2 aromatic carbocycles. The van der Waals surface area contributed by atoms with Gasteiger partial charge in [-0.1, -0.05) is 30.3 Å². The minimum atomic E-state index is -4.44. The quantitative estimate of drug-likeness (QED) is 0.623. The molecule has 3 rings (SSSR count). The van der Waals surface area contributed by atoms with Gasteiger partial charge in [-0.2, -0.15) is 8.42 Å². The fourth-order valence-corrected chi connectivity index (χ4v) is 3.38. The lowest BCUT2D eigenvalue weighted by molar-refractivity contribution is 0.483. The fourth-order valence-electron chi connectivity index (χ4n) is 2.67. The molecule has 28 heavy (non-hydrogen) atoms. The maximum Gasteiger partial charge on any atom is 0.294 e. The Labute approximate surface area is 166 Å². The number of anilines is 1. The summed E-state index contributed by atoms with van der Waals surface area (Å²) in [5.74, 6) is 0. The zero-order valence-corrected chi connectivity index (χ0v) is 16.8. The number of H-pyrrole nitrogens is 1. The van der Waals surface area contributed by atoms with Crippen LogP contribution in [0.2, 0.25) is 5.02 Å². The first kappa shape index (κ1) is 19.9. The number of hydrogen-bond acceptors (Lipinski definition) is 4. The Morgan fingerprint density at radius 3 is 2.39 bits per heavy atom. The van der Waals surface area contributed by atoms with E-state index in [1.54, 1.807) is 6.08 Å². The highest BCUT2D eigenvalue weighted by molar-refractivity contribution is 7.85. The molecule has 0 spiro atoms. The third-order valence-corrected chi connectivity index (χ3v) is 5.35. The maximum absolute atomic E-state index is 12.9. The molecular weight excluding hydrogens is 402 g/mol. The Morgan fingerprint density at radius 2 is 1.82 bits per heavy atom. The molecule has 0 saturated heterocycles. The smallest absolute Gasteiger partial charge is 0.294 e. The Kier molecular flexibility index (Phi) is 5.20. The summed E-state index contributed by atoms with van der Waals surface area (Å²) in [4.78, 5) is 14.5. The van der Waals surface area contributed by atoms with Gasteiger partial charge in [0.1, 0.15) is 0 Å². The molecule has 9 heteroatoms. The van der Waals surface area contributed by atoms with E-state index in [-0.39, 0.29) is 15.6 Å². The van der Waals surface area contributed by atoms with Gasteiger partial charge >= 0.3 is 0 Å². The summed E-state index contributed by atoms with van der Waals surface area (Å²) < 4.78 is 33.1. The van der Waals surface area contributed by atoms with E-state index in [1.807, 2.05) is 43.3 Å². The second kappa shape index (κ2) is 7.31. The van der Waals surface area contributed by atoms with E-state index in [1.165, 1.54) is 6.07 Å². The van der Waals surface area contributed by atoms with E-state index >= 15 is 0 Å². The van der Waals surface area contributed by atoms with Gasteiger partial charge in [0, 0.05) is 19.8 Å². The van der Waals surface area contributed by atoms with Gasteiger partial charge in [-0.05, 0) is 42.0 Å². The molecule has 0 amide bonds. The van der Waals surface area contributed by atoms with Crippen LogP contribution in [-0.4, -0.2) is 36.8 Å². The average Bonchev–Trinajstić information content (AvgIpc) is 2.89. The van der Waals surface area contributed by atoms with Crippen molar-refractivity contribution >= 4 is 40.1 Å². The summed E-state index contributed by atoms with van der Waals surface area (Å²) in [6, 6.07) is 11.1. The molecule has 0 aliphatic carbocycles. The normalized spacial score (nSPS) is 12.4. The largest absolute Gasteiger partial charge is 0.378 e. The van der Waals surface area contributed by atoms with Gasteiger partial charge in [-0.3, -0.25) is 14.4 Å². The van der Waals surface area contributed by atoms with Crippen LogP contribution in [0.15, 0.2) is 52.2 Å². The van der Waals surface area contributed by atoms with Crippen LogP contribution in [0, 0.1) is 0 Å². The second-order valence-electron chi connectivity index (χ2n) is 6.36. The average molecular weight is 420 g/mol. The number of aromatic amines is 1. The number of aromatic nitrogens is 2. The lowest BCUT2D eigenvalue weighted by Crippen LogP contribution is -2.34. The minimum absolute atomic E-state index is 0.0919. The first-order chi connectivity index (χ1) is 13.1. The molecule has 0 unspecified atom stereocenters. The zero-order chi connectivity index (χ0) is 20.6. The van der Waals surface area contributed by atoms with Crippen molar-refractivity contribution in [1.82, 2.24) is 9.78 Å². The summed E-state index contributed by atoms with van der Waals surface area (Å²) in [5, 5.41) is 3.58. The SMILES string of the molecule is C=c1[nH]n(-c2cc(S(=O)(=O)O)ccc2Cl)c(=O)c1=Cc1ccc(N(C)C)cc1. The number of halogens is 1. The molecule has 0 aliphatic rings. The molecule has 3 aromatic rings. The van der Waals surface area contributed by atoms with Crippen LogP contribution in [-0.2, 0) is 10.1 Å². The second-order valence-corrected chi connectivity index (χ2v) is 8.19.